The summed E-state index contributed by atoms with van der Waals surface area (Å²) in [4.78, 5) is 0. The SMILES string of the molecule is C=C/C=C1[C-]=C(/C=C/C)CCC/1.[Y]. The Morgan fingerprint density at radius 3 is 2.77 bits per heavy atom. The van der Waals surface area contributed by atoms with Gasteiger partial charge >= 0.3 is 0 Å². The van der Waals surface area contributed by atoms with Crippen molar-refractivity contribution in [3.63, 3.8) is 0 Å². The first-order valence-corrected chi connectivity index (χ1v) is 4.44. The molecule has 1 aliphatic rings. The predicted octanol–water partition coefficient (Wildman–Crippen LogP) is 3.59. The van der Waals surface area contributed by atoms with Crippen LogP contribution in [-0.4, -0.2) is 0 Å². The summed E-state index contributed by atoms with van der Waals surface area (Å²) < 4.78 is 0. The molecule has 1 heteroatoms. The van der Waals surface area contributed by atoms with E-state index in [0.29, 0.717) is 0 Å². The van der Waals surface area contributed by atoms with Gasteiger partial charge in [-0.25, -0.2) is 0 Å². The van der Waals surface area contributed by atoms with E-state index >= 15 is 0 Å². The van der Waals surface area contributed by atoms with E-state index in [9.17, 15) is 0 Å². The summed E-state index contributed by atoms with van der Waals surface area (Å²) in [5, 5.41) is 0. The molecule has 0 aromatic rings. The topological polar surface area (TPSA) is 0 Å². The summed E-state index contributed by atoms with van der Waals surface area (Å²) in [5.41, 5.74) is 2.60. The zero-order chi connectivity index (χ0) is 8.81. The maximum absolute atomic E-state index is 3.68. The smallest absolute Gasteiger partial charge is 0 e. The molecule has 13 heavy (non-hydrogen) atoms. The summed E-state index contributed by atoms with van der Waals surface area (Å²) >= 11 is 0. The number of allylic oxidation sites excluding steroid dienone is 7. The Bertz CT molecular complexity index is 244. The minimum Gasteiger partial charge on any atom is -0.177 e. The van der Waals surface area contributed by atoms with Crippen LogP contribution >= 0.6 is 0 Å². The molecule has 0 spiro atoms. The second-order valence-corrected chi connectivity index (χ2v) is 2.93. The van der Waals surface area contributed by atoms with E-state index in [1.165, 1.54) is 24.0 Å². The second kappa shape index (κ2) is 7.47. The third-order valence-corrected chi connectivity index (χ3v) is 1.90. The fraction of sp³-hybridized carbons (Fsp3) is 0.333. The minimum absolute atomic E-state index is 0. The Kier molecular flexibility index (Phi) is 7.50. The van der Waals surface area contributed by atoms with Crippen LogP contribution in [0.25, 0.3) is 0 Å². The zero-order valence-electron chi connectivity index (χ0n) is 8.22. The van der Waals surface area contributed by atoms with E-state index in [4.69, 9.17) is 0 Å². The van der Waals surface area contributed by atoms with Crippen molar-refractivity contribution in [1.82, 2.24) is 0 Å². The molecule has 0 bridgehead atoms. The third kappa shape index (κ3) is 4.73. The number of hydrogen-bond donors (Lipinski definition) is 0. The quantitative estimate of drug-likeness (QED) is 0.655. The van der Waals surface area contributed by atoms with E-state index in [1.807, 2.05) is 19.1 Å². The van der Waals surface area contributed by atoms with Gasteiger partial charge < -0.3 is 0 Å². The molecule has 0 nitrogen and oxygen atoms in total. The van der Waals surface area contributed by atoms with Crippen LogP contribution in [0, 0.1) is 6.08 Å². The fourth-order valence-corrected chi connectivity index (χ4v) is 1.39. The molecule has 0 amide bonds. The van der Waals surface area contributed by atoms with E-state index in [-0.39, 0.29) is 32.7 Å². The molecule has 0 heterocycles. The van der Waals surface area contributed by atoms with Crippen molar-refractivity contribution in [2.75, 3.05) is 0 Å². The van der Waals surface area contributed by atoms with Crippen LogP contribution in [-0.2, 0) is 32.7 Å². The van der Waals surface area contributed by atoms with E-state index in [0.717, 1.165) is 6.42 Å². The monoisotopic (exact) mass is 248 g/mol. The van der Waals surface area contributed by atoms with Crippen molar-refractivity contribution >= 4 is 0 Å². The summed E-state index contributed by atoms with van der Waals surface area (Å²) in [6.07, 6.45) is 15.0. The van der Waals surface area contributed by atoms with Gasteiger partial charge in [-0.15, -0.1) is 18.7 Å². The molecular formula is C12H15Y-. The van der Waals surface area contributed by atoms with Crippen molar-refractivity contribution in [2.45, 2.75) is 26.2 Å². The summed E-state index contributed by atoms with van der Waals surface area (Å²) in [5.74, 6) is 0. The maximum atomic E-state index is 3.68. The average Bonchev–Trinajstić information content (AvgIpc) is 2.06. The molecule has 1 aliphatic carbocycles. The molecule has 1 radical (unpaired) electrons. The number of hydrogen-bond acceptors (Lipinski definition) is 0. The van der Waals surface area contributed by atoms with Crippen molar-refractivity contribution in [3.8, 4) is 0 Å². The fourth-order valence-electron chi connectivity index (χ4n) is 1.39. The van der Waals surface area contributed by atoms with Gasteiger partial charge in [-0.05, 0) is 6.42 Å². The summed E-state index contributed by atoms with van der Waals surface area (Å²) in [6, 6.07) is 0. The largest absolute Gasteiger partial charge is 0.177 e. The Morgan fingerprint density at radius 2 is 2.15 bits per heavy atom. The minimum atomic E-state index is 0. The van der Waals surface area contributed by atoms with Gasteiger partial charge in [0, 0.05) is 32.7 Å². The van der Waals surface area contributed by atoms with Crippen LogP contribution in [0.15, 0.2) is 42.0 Å². The van der Waals surface area contributed by atoms with Gasteiger partial charge in [0.1, 0.15) is 0 Å². The van der Waals surface area contributed by atoms with Crippen molar-refractivity contribution < 1.29 is 32.7 Å². The predicted molar refractivity (Wildman–Crippen MR) is 53.7 cm³/mol. The average molecular weight is 248 g/mol. The molecule has 0 N–H and O–H groups in total. The van der Waals surface area contributed by atoms with Gasteiger partial charge in [-0.2, -0.15) is 29.4 Å². The Morgan fingerprint density at radius 1 is 1.38 bits per heavy atom. The van der Waals surface area contributed by atoms with Gasteiger partial charge in [0.05, 0.1) is 0 Å². The normalized spacial score (nSPS) is 19.8. The Labute approximate surface area is 106 Å². The third-order valence-electron chi connectivity index (χ3n) is 1.90. The standard InChI is InChI=1S/C12H15.Y/c1-3-6-11-8-5-9-12(10-11)7-4-2;/h3-4,6-7H,1,5,8-9H2,2H3;/q-1;/b7-4+,11-6+;. The summed E-state index contributed by atoms with van der Waals surface area (Å²) in [7, 11) is 0. The van der Waals surface area contributed by atoms with Gasteiger partial charge in [-0.3, -0.25) is 0 Å². The number of rotatable bonds is 2. The molecule has 0 aromatic heterocycles. The molecule has 0 unspecified atom stereocenters. The van der Waals surface area contributed by atoms with Crippen LogP contribution in [0.4, 0.5) is 0 Å². The molecule has 67 valence electrons. The van der Waals surface area contributed by atoms with Crippen LogP contribution in [0.3, 0.4) is 0 Å². The van der Waals surface area contributed by atoms with E-state index < -0.39 is 0 Å². The van der Waals surface area contributed by atoms with Gasteiger partial charge in [-0.1, -0.05) is 19.8 Å². The second-order valence-electron chi connectivity index (χ2n) is 2.93. The van der Waals surface area contributed by atoms with Crippen LogP contribution < -0.4 is 0 Å². The maximum Gasteiger partial charge on any atom is 0 e. The van der Waals surface area contributed by atoms with Crippen LogP contribution in [0.5, 0.6) is 0 Å². The van der Waals surface area contributed by atoms with E-state index in [1.54, 1.807) is 0 Å². The molecule has 0 aromatic carbocycles. The molecule has 0 atom stereocenters. The Balaban J connectivity index is 0.00000144. The van der Waals surface area contributed by atoms with E-state index in [2.05, 4.69) is 24.8 Å². The van der Waals surface area contributed by atoms with Crippen LogP contribution in [0.1, 0.15) is 26.2 Å². The molecule has 0 aliphatic heterocycles. The van der Waals surface area contributed by atoms with Gasteiger partial charge in [0.2, 0.25) is 0 Å². The van der Waals surface area contributed by atoms with Crippen molar-refractivity contribution in [3.05, 3.63) is 48.1 Å². The first-order valence-electron chi connectivity index (χ1n) is 4.44. The molecule has 0 fully saturated rings. The van der Waals surface area contributed by atoms with Gasteiger partial charge in [0.15, 0.2) is 0 Å². The molecular weight excluding hydrogens is 233 g/mol. The molecule has 1 rings (SSSR count). The zero-order valence-corrected chi connectivity index (χ0v) is 11.1. The van der Waals surface area contributed by atoms with Gasteiger partial charge in [0.25, 0.3) is 0 Å². The molecule has 0 saturated carbocycles. The van der Waals surface area contributed by atoms with Crippen LogP contribution in [0.2, 0.25) is 0 Å². The van der Waals surface area contributed by atoms with Crippen molar-refractivity contribution in [2.24, 2.45) is 0 Å². The molecule has 0 saturated heterocycles. The Hall–Kier alpha value is 0.0639. The first-order chi connectivity index (χ1) is 5.86. The first kappa shape index (κ1) is 13.1. The van der Waals surface area contributed by atoms with Crippen molar-refractivity contribution in [1.29, 1.82) is 0 Å². The summed E-state index contributed by atoms with van der Waals surface area (Å²) in [6.45, 7) is 5.72.